The Kier molecular flexibility index (Phi) is 3.92. The van der Waals surface area contributed by atoms with Crippen LogP contribution < -0.4 is 0 Å². The Morgan fingerprint density at radius 2 is 2.35 bits per heavy atom. The monoisotopic (exact) mass is 297 g/mol. The molecule has 0 N–H and O–H groups in total. The number of fused-ring (bicyclic) bond motifs is 1. The van der Waals surface area contributed by atoms with Gasteiger partial charge in [0.05, 0.1) is 36.2 Å². The summed E-state index contributed by atoms with van der Waals surface area (Å²) in [6.45, 7) is 3.25. The van der Waals surface area contributed by atoms with Gasteiger partial charge in [-0.2, -0.15) is 0 Å². The summed E-state index contributed by atoms with van der Waals surface area (Å²) in [6.07, 6.45) is 0.109. The molecule has 1 saturated heterocycles. The highest BCUT2D eigenvalue weighted by molar-refractivity contribution is 6.16. The summed E-state index contributed by atoms with van der Waals surface area (Å²) in [5.41, 5.74) is 1.55. The quantitative estimate of drug-likeness (QED) is 0.814. The lowest BCUT2D eigenvalue weighted by atomic mass is 10.2. The van der Waals surface area contributed by atoms with E-state index in [1.165, 1.54) is 12.1 Å². The van der Waals surface area contributed by atoms with Gasteiger partial charge in [-0.15, -0.1) is 11.6 Å². The van der Waals surface area contributed by atoms with Crippen LogP contribution in [0.4, 0.5) is 4.39 Å². The van der Waals surface area contributed by atoms with Crippen LogP contribution in [0.3, 0.4) is 0 Å². The summed E-state index contributed by atoms with van der Waals surface area (Å²) in [4.78, 5) is 6.64. The molecule has 1 fully saturated rings. The molecule has 1 aliphatic heterocycles. The van der Waals surface area contributed by atoms with Gasteiger partial charge in [0.15, 0.2) is 0 Å². The zero-order valence-electron chi connectivity index (χ0n) is 11.4. The van der Waals surface area contributed by atoms with E-state index in [1.807, 2.05) is 4.57 Å². The first kappa shape index (κ1) is 13.8. The van der Waals surface area contributed by atoms with Crippen molar-refractivity contribution in [1.82, 2.24) is 14.5 Å². The number of hydrogen-bond donors (Lipinski definition) is 0. The number of nitrogens with zero attached hydrogens (tertiary/aromatic N) is 3. The molecule has 0 bridgehead atoms. The van der Waals surface area contributed by atoms with Crippen LogP contribution in [0.5, 0.6) is 0 Å². The van der Waals surface area contributed by atoms with Crippen molar-refractivity contribution in [2.24, 2.45) is 0 Å². The maximum absolute atomic E-state index is 13.3. The molecule has 3 rings (SSSR count). The van der Waals surface area contributed by atoms with Gasteiger partial charge in [-0.1, -0.05) is 0 Å². The van der Waals surface area contributed by atoms with Crippen molar-refractivity contribution in [3.8, 4) is 0 Å². The molecule has 0 spiro atoms. The first-order valence-electron chi connectivity index (χ1n) is 6.68. The molecule has 0 radical (unpaired) electrons. The van der Waals surface area contributed by atoms with Crippen molar-refractivity contribution in [2.75, 3.05) is 26.7 Å². The van der Waals surface area contributed by atoms with Crippen LogP contribution in [-0.2, 0) is 17.2 Å². The topological polar surface area (TPSA) is 30.3 Å². The molecular formula is C14H17ClFN3O. The van der Waals surface area contributed by atoms with Crippen LogP contribution in [0.2, 0.25) is 0 Å². The molecule has 2 aromatic rings. The Bertz CT molecular complexity index is 616. The third-order valence-electron chi connectivity index (χ3n) is 3.64. The lowest BCUT2D eigenvalue weighted by Gasteiger charge is -2.30. The minimum Gasteiger partial charge on any atom is -0.374 e. The van der Waals surface area contributed by atoms with Crippen LogP contribution in [-0.4, -0.2) is 47.3 Å². The zero-order chi connectivity index (χ0) is 14.1. The number of aromatic nitrogens is 2. The molecule has 1 aromatic heterocycles. The fraction of sp³-hybridized carbons (Fsp3) is 0.500. The summed E-state index contributed by atoms with van der Waals surface area (Å²) in [5, 5.41) is 0. The van der Waals surface area contributed by atoms with E-state index in [2.05, 4.69) is 16.9 Å². The molecule has 108 valence electrons. The number of morpholine rings is 1. The molecule has 1 atom stereocenters. The first-order valence-corrected chi connectivity index (χ1v) is 7.21. The number of ether oxygens (including phenoxy) is 1. The summed E-state index contributed by atoms with van der Waals surface area (Å²) < 4.78 is 21.1. The fourth-order valence-corrected chi connectivity index (χ4v) is 2.84. The van der Waals surface area contributed by atoms with Gasteiger partial charge in [-0.25, -0.2) is 9.37 Å². The second kappa shape index (κ2) is 5.68. The lowest BCUT2D eigenvalue weighted by Crippen LogP contribution is -2.42. The number of benzene rings is 1. The standard InChI is InChI=1S/C14H17ClFN3O/c1-18-4-5-20-11(8-18)9-19-13-3-2-10(16)6-12(13)17-14(19)7-15/h2-3,6,11H,4-5,7-9H2,1H3. The smallest absolute Gasteiger partial charge is 0.125 e. The van der Waals surface area contributed by atoms with Crippen LogP contribution in [0.1, 0.15) is 5.82 Å². The van der Waals surface area contributed by atoms with Crippen molar-refractivity contribution in [2.45, 2.75) is 18.5 Å². The van der Waals surface area contributed by atoms with Crippen molar-refractivity contribution < 1.29 is 9.13 Å². The van der Waals surface area contributed by atoms with E-state index in [1.54, 1.807) is 6.07 Å². The van der Waals surface area contributed by atoms with E-state index in [9.17, 15) is 4.39 Å². The fourth-order valence-electron chi connectivity index (χ4n) is 2.64. The summed E-state index contributed by atoms with van der Waals surface area (Å²) >= 11 is 5.96. The maximum atomic E-state index is 13.3. The van der Waals surface area contributed by atoms with E-state index < -0.39 is 0 Å². The van der Waals surface area contributed by atoms with Gasteiger partial charge in [0.2, 0.25) is 0 Å². The SMILES string of the molecule is CN1CCOC(Cn2c(CCl)nc3cc(F)ccc32)C1. The van der Waals surface area contributed by atoms with Crippen LogP contribution in [0, 0.1) is 5.82 Å². The number of hydrogen-bond acceptors (Lipinski definition) is 3. The summed E-state index contributed by atoms with van der Waals surface area (Å²) in [5.74, 6) is 0.778. The van der Waals surface area contributed by atoms with Crippen molar-refractivity contribution in [3.63, 3.8) is 0 Å². The molecule has 6 heteroatoms. The number of rotatable bonds is 3. The molecule has 4 nitrogen and oxygen atoms in total. The van der Waals surface area contributed by atoms with Crippen molar-refractivity contribution in [3.05, 3.63) is 29.8 Å². The van der Waals surface area contributed by atoms with E-state index in [0.717, 1.165) is 31.0 Å². The molecule has 1 unspecified atom stereocenters. The molecule has 0 amide bonds. The molecule has 1 aromatic carbocycles. The minimum atomic E-state index is -0.281. The van der Waals surface area contributed by atoms with E-state index in [0.29, 0.717) is 17.9 Å². The van der Waals surface area contributed by atoms with Gasteiger partial charge in [0.25, 0.3) is 0 Å². The van der Waals surface area contributed by atoms with Gasteiger partial charge in [-0.3, -0.25) is 0 Å². The number of halogens is 2. The molecule has 1 aliphatic rings. The van der Waals surface area contributed by atoms with Gasteiger partial charge < -0.3 is 14.2 Å². The van der Waals surface area contributed by atoms with Crippen molar-refractivity contribution in [1.29, 1.82) is 0 Å². The molecule has 0 aliphatic carbocycles. The lowest BCUT2D eigenvalue weighted by molar-refractivity contribution is -0.0272. The molecule has 20 heavy (non-hydrogen) atoms. The number of alkyl halides is 1. The Hall–Kier alpha value is -1.17. The van der Waals surface area contributed by atoms with Gasteiger partial charge in [0.1, 0.15) is 11.6 Å². The Morgan fingerprint density at radius 3 is 3.10 bits per heavy atom. The van der Waals surface area contributed by atoms with E-state index >= 15 is 0 Å². The second-order valence-electron chi connectivity index (χ2n) is 5.16. The Balaban J connectivity index is 1.93. The van der Waals surface area contributed by atoms with Gasteiger partial charge >= 0.3 is 0 Å². The third-order valence-corrected chi connectivity index (χ3v) is 3.88. The van der Waals surface area contributed by atoms with Crippen molar-refractivity contribution >= 4 is 22.6 Å². The normalized spacial score (nSPS) is 20.6. The average molecular weight is 298 g/mol. The summed E-state index contributed by atoms with van der Waals surface area (Å²) in [7, 11) is 2.08. The molecule has 2 heterocycles. The first-order chi connectivity index (χ1) is 9.67. The Morgan fingerprint density at radius 1 is 1.50 bits per heavy atom. The molecular weight excluding hydrogens is 281 g/mol. The zero-order valence-corrected chi connectivity index (χ0v) is 12.1. The van der Waals surface area contributed by atoms with Gasteiger partial charge in [0, 0.05) is 19.2 Å². The highest BCUT2D eigenvalue weighted by atomic mass is 35.5. The maximum Gasteiger partial charge on any atom is 0.125 e. The minimum absolute atomic E-state index is 0.109. The Labute approximate surface area is 122 Å². The van der Waals surface area contributed by atoms with E-state index in [-0.39, 0.29) is 11.9 Å². The molecule has 0 saturated carbocycles. The summed E-state index contributed by atoms with van der Waals surface area (Å²) in [6, 6.07) is 4.64. The predicted octanol–water partition coefficient (Wildman–Crippen LogP) is 2.24. The third kappa shape index (κ3) is 2.66. The van der Waals surface area contributed by atoms with Gasteiger partial charge in [-0.05, 0) is 19.2 Å². The number of likely N-dealkylation sites (N-methyl/N-ethyl adjacent to an activating group) is 1. The van der Waals surface area contributed by atoms with Crippen LogP contribution in [0.15, 0.2) is 18.2 Å². The van der Waals surface area contributed by atoms with E-state index in [4.69, 9.17) is 16.3 Å². The second-order valence-corrected chi connectivity index (χ2v) is 5.43. The predicted molar refractivity (Wildman–Crippen MR) is 76.5 cm³/mol. The highest BCUT2D eigenvalue weighted by Crippen LogP contribution is 2.20. The largest absolute Gasteiger partial charge is 0.374 e. The van der Waals surface area contributed by atoms with Crippen LogP contribution >= 0.6 is 11.6 Å². The highest BCUT2D eigenvalue weighted by Gasteiger charge is 2.20. The number of imidazole rings is 1. The van der Waals surface area contributed by atoms with Crippen LogP contribution in [0.25, 0.3) is 11.0 Å². The average Bonchev–Trinajstić information content (AvgIpc) is 2.76.